The molecule has 1 N–H and O–H groups in total. The van der Waals surface area contributed by atoms with Gasteiger partial charge in [-0.1, -0.05) is 51.9 Å². The molecule has 0 aliphatic carbocycles. The zero-order chi connectivity index (χ0) is 15.4. The van der Waals surface area contributed by atoms with Gasteiger partial charge in [0.25, 0.3) is 0 Å². The summed E-state index contributed by atoms with van der Waals surface area (Å²) >= 11 is 0. The highest BCUT2D eigenvalue weighted by molar-refractivity contribution is 5.90. The Morgan fingerprint density at radius 1 is 0.950 bits per heavy atom. The van der Waals surface area contributed by atoms with E-state index in [4.69, 9.17) is 9.84 Å². The lowest BCUT2D eigenvalue weighted by atomic mass is 9.99. The lowest BCUT2D eigenvalue weighted by Gasteiger charge is -2.24. The fourth-order valence-electron chi connectivity index (χ4n) is 2.20. The van der Waals surface area contributed by atoms with Gasteiger partial charge < -0.3 is 9.84 Å². The number of rotatable bonds is 12. The number of ether oxygens (including phenoxy) is 1. The van der Waals surface area contributed by atoms with Crippen molar-refractivity contribution in [1.82, 2.24) is 0 Å². The van der Waals surface area contributed by atoms with Crippen molar-refractivity contribution in [2.24, 2.45) is 0 Å². The van der Waals surface area contributed by atoms with Crippen molar-refractivity contribution in [2.75, 3.05) is 0 Å². The third kappa shape index (κ3) is 12.0. The number of hydrogen-bond acceptors (Lipinski definition) is 3. The highest BCUT2D eigenvalue weighted by Crippen LogP contribution is 2.20. The fraction of sp³-hybridized carbons (Fsp3) is 0.875. The maximum atomic E-state index is 11.3. The van der Waals surface area contributed by atoms with Gasteiger partial charge in [-0.15, -0.1) is 0 Å². The lowest BCUT2D eigenvalue weighted by Crippen LogP contribution is -2.29. The topological polar surface area (TPSA) is 63.6 Å². The predicted octanol–water partition coefficient (Wildman–Crippen LogP) is 4.31. The first-order chi connectivity index (χ1) is 9.37. The first-order valence-corrected chi connectivity index (χ1v) is 7.81. The number of carbonyl (C=O) groups excluding carboxylic acids is 1. The summed E-state index contributed by atoms with van der Waals surface area (Å²) in [4.78, 5) is 21.7. The molecule has 0 radical (unpaired) electrons. The van der Waals surface area contributed by atoms with Crippen LogP contribution in [0.3, 0.4) is 0 Å². The summed E-state index contributed by atoms with van der Waals surface area (Å²) in [5, 5.41) is 8.51. The van der Waals surface area contributed by atoms with Crippen molar-refractivity contribution < 1.29 is 19.4 Å². The fourth-order valence-corrected chi connectivity index (χ4v) is 2.20. The molecule has 0 bridgehead atoms. The molecular weight excluding hydrogens is 256 g/mol. The van der Waals surface area contributed by atoms with Crippen molar-refractivity contribution in [2.45, 2.75) is 90.6 Å². The van der Waals surface area contributed by atoms with E-state index in [0.717, 1.165) is 19.3 Å². The van der Waals surface area contributed by atoms with E-state index in [2.05, 4.69) is 6.92 Å². The van der Waals surface area contributed by atoms with E-state index >= 15 is 0 Å². The summed E-state index contributed by atoms with van der Waals surface area (Å²) in [6.07, 6.45) is 10.1. The molecular formula is C16H30O4. The smallest absolute Gasteiger partial charge is 0.317 e. The van der Waals surface area contributed by atoms with Gasteiger partial charge in [0.15, 0.2) is 0 Å². The second-order valence-electron chi connectivity index (χ2n) is 6.03. The van der Waals surface area contributed by atoms with Crippen LogP contribution in [0.4, 0.5) is 0 Å². The molecule has 0 aliphatic rings. The molecule has 4 heteroatoms. The zero-order valence-corrected chi connectivity index (χ0v) is 13.2. The molecule has 0 amide bonds. The van der Waals surface area contributed by atoms with E-state index in [1.165, 1.54) is 38.5 Å². The predicted molar refractivity (Wildman–Crippen MR) is 79.7 cm³/mol. The number of carboxylic acids is 1. The molecule has 0 heterocycles. The first-order valence-electron chi connectivity index (χ1n) is 7.81. The number of unbranched alkanes of at least 4 members (excludes halogenated alkanes) is 7. The van der Waals surface area contributed by atoms with Gasteiger partial charge in [-0.25, -0.2) is 0 Å². The van der Waals surface area contributed by atoms with Gasteiger partial charge in [-0.3, -0.25) is 9.59 Å². The van der Waals surface area contributed by atoms with Gasteiger partial charge in [0, 0.05) is 0 Å². The standard InChI is InChI=1S/C16H30O4/c1-4-5-6-7-8-9-10-11-12-16(2,3)20-15(19)13-14(17)18/h4-13H2,1-3H3,(H,17,18). The minimum absolute atomic E-state index is 0.555. The summed E-state index contributed by atoms with van der Waals surface area (Å²) in [6, 6.07) is 0. The van der Waals surface area contributed by atoms with E-state index < -0.39 is 24.0 Å². The van der Waals surface area contributed by atoms with Crippen molar-refractivity contribution in [3.63, 3.8) is 0 Å². The number of carbonyl (C=O) groups is 2. The Morgan fingerprint density at radius 2 is 1.45 bits per heavy atom. The van der Waals surface area contributed by atoms with Crippen molar-refractivity contribution in [3.05, 3.63) is 0 Å². The van der Waals surface area contributed by atoms with Crippen LogP contribution in [0.5, 0.6) is 0 Å². The molecule has 0 fully saturated rings. The van der Waals surface area contributed by atoms with Crippen LogP contribution < -0.4 is 0 Å². The number of aliphatic carboxylic acids is 1. The molecule has 0 aliphatic heterocycles. The summed E-state index contributed by atoms with van der Waals surface area (Å²) in [6.45, 7) is 5.90. The average Bonchev–Trinajstić information content (AvgIpc) is 2.30. The van der Waals surface area contributed by atoms with Crippen LogP contribution in [0.1, 0.15) is 85.0 Å². The van der Waals surface area contributed by atoms with Crippen molar-refractivity contribution >= 4 is 11.9 Å². The van der Waals surface area contributed by atoms with Crippen LogP contribution in [-0.2, 0) is 14.3 Å². The SMILES string of the molecule is CCCCCCCCCCC(C)(C)OC(=O)CC(=O)O. The Hall–Kier alpha value is -1.06. The Bertz CT molecular complexity index is 284. The van der Waals surface area contributed by atoms with E-state index in [1.54, 1.807) is 0 Å². The molecule has 0 aromatic carbocycles. The lowest BCUT2D eigenvalue weighted by molar-refractivity contribution is -0.161. The molecule has 0 aromatic rings. The van der Waals surface area contributed by atoms with E-state index in [-0.39, 0.29) is 0 Å². The Kier molecular flexibility index (Phi) is 10.1. The number of esters is 1. The van der Waals surface area contributed by atoms with Gasteiger partial charge >= 0.3 is 11.9 Å². The Labute approximate surface area is 122 Å². The molecule has 0 spiro atoms. The number of carboxylic acid groups (broad SMARTS) is 1. The monoisotopic (exact) mass is 286 g/mol. The molecule has 0 rings (SSSR count). The highest BCUT2D eigenvalue weighted by Gasteiger charge is 2.23. The second-order valence-corrected chi connectivity index (χ2v) is 6.03. The van der Waals surface area contributed by atoms with Gasteiger partial charge in [-0.05, 0) is 26.7 Å². The third-order valence-electron chi connectivity index (χ3n) is 3.32. The molecule has 4 nitrogen and oxygen atoms in total. The van der Waals surface area contributed by atoms with Crippen LogP contribution in [0.15, 0.2) is 0 Å². The third-order valence-corrected chi connectivity index (χ3v) is 3.32. The maximum absolute atomic E-state index is 11.3. The Morgan fingerprint density at radius 3 is 1.95 bits per heavy atom. The van der Waals surface area contributed by atoms with Crippen LogP contribution in [-0.4, -0.2) is 22.6 Å². The molecule has 0 atom stereocenters. The van der Waals surface area contributed by atoms with Gasteiger partial charge in [0.1, 0.15) is 12.0 Å². The molecule has 0 unspecified atom stereocenters. The van der Waals surface area contributed by atoms with Crippen LogP contribution in [0, 0.1) is 0 Å². The van der Waals surface area contributed by atoms with E-state index in [1.807, 2.05) is 13.8 Å². The van der Waals surface area contributed by atoms with Gasteiger partial charge in [0.05, 0.1) is 0 Å². The van der Waals surface area contributed by atoms with E-state index in [9.17, 15) is 9.59 Å². The molecule has 20 heavy (non-hydrogen) atoms. The first kappa shape index (κ1) is 18.9. The van der Waals surface area contributed by atoms with Crippen LogP contribution >= 0.6 is 0 Å². The van der Waals surface area contributed by atoms with Crippen molar-refractivity contribution in [1.29, 1.82) is 0 Å². The second kappa shape index (κ2) is 10.7. The largest absolute Gasteiger partial charge is 0.481 e. The normalized spacial score (nSPS) is 11.3. The molecule has 0 saturated carbocycles. The van der Waals surface area contributed by atoms with Crippen molar-refractivity contribution in [3.8, 4) is 0 Å². The minimum atomic E-state index is -1.14. The molecule has 0 saturated heterocycles. The van der Waals surface area contributed by atoms with Gasteiger partial charge in [-0.2, -0.15) is 0 Å². The zero-order valence-electron chi connectivity index (χ0n) is 13.2. The van der Waals surface area contributed by atoms with Crippen LogP contribution in [0.25, 0.3) is 0 Å². The summed E-state index contributed by atoms with van der Waals surface area (Å²) in [7, 11) is 0. The molecule has 118 valence electrons. The summed E-state index contributed by atoms with van der Waals surface area (Å²) in [5.41, 5.74) is -0.561. The van der Waals surface area contributed by atoms with Crippen LogP contribution in [0.2, 0.25) is 0 Å². The highest BCUT2D eigenvalue weighted by atomic mass is 16.6. The number of hydrogen-bond donors (Lipinski definition) is 1. The summed E-state index contributed by atoms with van der Waals surface area (Å²) in [5.74, 6) is -1.79. The Balaban J connectivity index is 3.61. The maximum Gasteiger partial charge on any atom is 0.317 e. The van der Waals surface area contributed by atoms with E-state index in [0.29, 0.717) is 0 Å². The quantitative estimate of drug-likeness (QED) is 0.330. The summed E-state index contributed by atoms with van der Waals surface area (Å²) < 4.78 is 5.19. The minimum Gasteiger partial charge on any atom is -0.481 e. The molecule has 0 aromatic heterocycles. The van der Waals surface area contributed by atoms with Gasteiger partial charge in [0.2, 0.25) is 0 Å². The average molecular weight is 286 g/mol.